The third-order valence-corrected chi connectivity index (χ3v) is 3.06. The molecule has 1 atom stereocenters. The molecule has 1 aliphatic rings. The standard InChI is InChI=1S/C12H20N4O/c1-3-10-11(13)14-8-15-12(10)16-5-4-6-17-9(2)7-16/h8-9H,3-7H2,1-2H3,(H2,13,14,15). The highest BCUT2D eigenvalue weighted by Crippen LogP contribution is 2.23. The number of aromatic nitrogens is 2. The number of rotatable bonds is 2. The second kappa shape index (κ2) is 5.31. The highest BCUT2D eigenvalue weighted by Gasteiger charge is 2.19. The van der Waals surface area contributed by atoms with Crippen LogP contribution in [0.1, 0.15) is 25.8 Å². The van der Waals surface area contributed by atoms with Gasteiger partial charge in [0.2, 0.25) is 0 Å². The molecule has 1 aliphatic heterocycles. The van der Waals surface area contributed by atoms with E-state index < -0.39 is 0 Å². The van der Waals surface area contributed by atoms with Crippen molar-refractivity contribution in [3.05, 3.63) is 11.9 Å². The molecule has 0 bridgehead atoms. The molecule has 1 unspecified atom stereocenters. The van der Waals surface area contributed by atoms with E-state index in [0.29, 0.717) is 5.82 Å². The molecule has 0 aliphatic carbocycles. The molecule has 1 aromatic rings. The quantitative estimate of drug-likeness (QED) is 0.837. The molecule has 1 aromatic heterocycles. The molecule has 5 nitrogen and oxygen atoms in total. The first-order valence-corrected chi connectivity index (χ1v) is 6.18. The third-order valence-electron chi connectivity index (χ3n) is 3.06. The number of hydrogen-bond acceptors (Lipinski definition) is 5. The van der Waals surface area contributed by atoms with Crippen LogP contribution in [0.5, 0.6) is 0 Å². The molecular formula is C12H20N4O. The highest BCUT2D eigenvalue weighted by molar-refractivity contribution is 5.56. The van der Waals surface area contributed by atoms with Crippen LogP contribution >= 0.6 is 0 Å². The first kappa shape index (κ1) is 12.1. The second-order valence-corrected chi connectivity index (χ2v) is 4.40. The molecule has 1 saturated heterocycles. The monoisotopic (exact) mass is 236 g/mol. The molecule has 94 valence electrons. The Bertz CT molecular complexity index is 383. The Morgan fingerprint density at radius 3 is 3.12 bits per heavy atom. The smallest absolute Gasteiger partial charge is 0.137 e. The van der Waals surface area contributed by atoms with E-state index >= 15 is 0 Å². The summed E-state index contributed by atoms with van der Waals surface area (Å²) in [6.07, 6.45) is 3.66. The van der Waals surface area contributed by atoms with Crippen LogP contribution in [-0.2, 0) is 11.2 Å². The lowest BCUT2D eigenvalue weighted by Gasteiger charge is -2.25. The predicted octanol–water partition coefficient (Wildman–Crippen LogP) is 1.24. The van der Waals surface area contributed by atoms with Crippen molar-refractivity contribution in [3.63, 3.8) is 0 Å². The van der Waals surface area contributed by atoms with Gasteiger partial charge in [0.05, 0.1) is 6.10 Å². The van der Waals surface area contributed by atoms with Gasteiger partial charge in [0.15, 0.2) is 0 Å². The lowest BCUT2D eigenvalue weighted by atomic mass is 10.2. The third kappa shape index (κ3) is 2.66. The maximum absolute atomic E-state index is 5.90. The van der Waals surface area contributed by atoms with E-state index in [4.69, 9.17) is 10.5 Å². The minimum absolute atomic E-state index is 0.235. The molecular weight excluding hydrogens is 216 g/mol. The Morgan fingerprint density at radius 2 is 2.35 bits per heavy atom. The zero-order chi connectivity index (χ0) is 12.3. The molecule has 0 radical (unpaired) electrons. The number of ether oxygens (including phenoxy) is 1. The summed E-state index contributed by atoms with van der Waals surface area (Å²) < 4.78 is 5.64. The maximum atomic E-state index is 5.90. The van der Waals surface area contributed by atoms with Gasteiger partial charge in [0.1, 0.15) is 18.0 Å². The van der Waals surface area contributed by atoms with Crippen LogP contribution in [-0.4, -0.2) is 35.8 Å². The van der Waals surface area contributed by atoms with E-state index in [2.05, 4.69) is 28.7 Å². The van der Waals surface area contributed by atoms with Crippen molar-refractivity contribution in [2.75, 3.05) is 30.3 Å². The van der Waals surface area contributed by atoms with Crippen LogP contribution in [0.3, 0.4) is 0 Å². The van der Waals surface area contributed by atoms with Gasteiger partial charge in [0, 0.05) is 25.3 Å². The van der Waals surface area contributed by atoms with Crippen molar-refractivity contribution in [2.24, 2.45) is 0 Å². The summed E-state index contributed by atoms with van der Waals surface area (Å²) in [6.45, 7) is 6.82. The molecule has 5 heteroatoms. The summed E-state index contributed by atoms with van der Waals surface area (Å²) in [7, 11) is 0. The number of hydrogen-bond donors (Lipinski definition) is 1. The molecule has 0 saturated carbocycles. The Balaban J connectivity index is 2.28. The summed E-state index contributed by atoms with van der Waals surface area (Å²) in [4.78, 5) is 10.7. The average molecular weight is 236 g/mol. The van der Waals surface area contributed by atoms with Gasteiger partial charge >= 0.3 is 0 Å². The van der Waals surface area contributed by atoms with Gasteiger partial charge in [-0.05, 0) is 19.8 Å². The number of anilines is 2. The first-order chi connectivity index (χ1) is 8.22. The van der Waals surface area contributed by atoms with Crippen LogP contribution in [0.4, 0.5) is 11.6 Å². The number of nitrogen functional groups attached to an aromatic ring is 1. The van der Waals surface area contributed by atoms with Gasteiger partial charge in [-0.2, -0.15) is 0 Å². The fourth-order valence-corrected chi connectivity index (χ4v) is 2.21. The topological polar surface area (TPSA) is 64.3 Å². The van der Waals surface area contributed by atoms with Crippen molar-refractivity contribution in [2.45, 2.75) is 32.8 Å². The van der Waals surface area contributed by atoms with Crippen molar-refractivity contribution in [3.8, 4) is 0 Å². The van der Waals surface area contributed by atoms with Crippen LogP contribution < -0.4 is 10.6 Å². The molecule has 2 rings (SSSR count). The number of nitrogens with zero attached hydrogens (tertiary/aromatic N) is 3. The Hall–Kier alpha value is -1.36. The fourth-order valence-electron chi connectivity index (χ4n) is 2.21. The summed E-state index contributed by atoms with van der Waals surface area (Å²) in [5, 5.41) is 0. The normalized spacial score (nSPS) is 21.3. The van der Waals surface area contributed by atoms with E-state index in [1.807, 2.05) is 0 Å². The molecule has 1 fully saturated rings. The van der Waals surface area contributed by atoms with Crippen LogP contribution in [0, 0.1) is 0 Å². The maximum Gasteiger partial charge on any atom is 0.137 e. The van der Waals surface area contributed by atoms with Gasteiger partial charge < -0.3 is 15.4 Å². The van der Waals surface area contributed by atoms with E-state index in [1.54, 1.807) is 6.33 Å². The molecule has 2 heterocycles. The highest BCUT2D eigenvalue weighted by atomic mass is 16.5. The summed E-state index contributed by atoms with van der Waals surface area (Å²) in [5.74, 6) is 1.56. The second-order valence-electron chi connectivity index (χ2n) is 4.40. The summed E-state index contributed by atoms with van der Waals surface area (Å²) in [6, 6.07) is 0. The zero-order valence-corrected chi connectivity index (χ0v) is 10.5. The average Bonchev–Trinajstić information content (AvgIpc) is 2.53. The van der Waals surface area contributed by atoms with Crippen LogP contribution in [0.25, 0.3) is 0 Å². The van der Waals surface area contributed by atoms with Crippen molar-refractivity contribution >= 4 is 11.6 Å². The van der Waals surface area contributed by atoms with Crippen molar-refractivity contribution < 1.29 is 4.74 Å². The van der Waals surface area contributed by atoms with E-state index in [0.717, 1.165) is 43.9 Å². The SMILES string of the molecule is CCc1c(N)ncnc1N1CCCOC(C)C1. The van der Waals surface area contributed by atoms with Gasteiger partial charge in [-0.1, -0.05) is 6.92 Å². The Kier molecular flexibility index (Phi) is 3.78. The molecule has 0 spiro atoms. The fraction of sp³-hybridized carbons (Fsp3) is 0.667. The molecule has 2 N–H and O–H groups in total. The minimum Gasteiger partial charge on any atom is -0.383 e. The Morgan fingerprint density at radius 1 is 1.53 bits per heavy atom. The van der Waals surface area contributed by atoms with Gasteiger partial charge in [0.25, 0.3) is 0 Å². The van der Waals surface area contributed by atoms with Gasteiger partial charge in [-0.15, -0.1) is 0 Å². The predicted molar refractivity (Wildman–Crippen MR) is 68.1 cm³/mol. The van der Waals surface area contributed by atoms with Crippen LogP contribution in [0.15, 0.2) is 6.33 Å². The molecule has 0 aromatic carbocycles. The first-order valence-electron chi connectivity index (χ1n) is 6.18. The van der Waals surface area contributed by atoms with E-state index in [-0.39, 0.29) is 6.10 Å². The van der Waals surface area contributed by atoms with E-state index in [1.165, 1.54) is 0 Å². The lowest BCUT2D eigenvalue weighted by molar-refractivity contribution is 0.0820. The van der Waals surface area contributed by atoms with Gasteiger partial charge in [-0.25, -0.2) is 9.97 Å². The van der Waals surface area contributed by atoms with E-state index in [9.17, 15) is 0 Å². The number of nitrogens with two attached hydrogens (primary N) is 1. The minimum atomic E-state index is 0.235. The summed E-state index contributed by atoms with van der Waals surface area (Å²) in [5.41, 5.74) is 6.95. The largest absolute Gasteiger partial charge is 0.383 e. The van der Waals surface area contributed by atoms with Crippen LogP contribution in [0.2, 0.25) is 0 Å². The summed E-state index contributed by atoms with van der Waals surface area (Å²) >= 11 is 0. The zero-order valence-electron chi connectivity index (χ0n) is 10.5. The van der Waals surface area contributed by atoms with Crippen molar-refractivity contribution in [1.29, 1.82) is 0 Å². The lowest BCUT2D eigenvalue weighted by Crippen LogP contribution is -2.32. The van der Waals surface area contributed by atoms with Gasteiger partial charge in [-0.3, -0.25) is 0 Å². The molecule has 0 amide bonds. The Labute approximate surface area is 102 Å². The molecule has 17 heavy (non-hydrogen) atoms. The van der Waals surface area contributed by atoms with Crippen molar-refractivity contribution in [1.82, 2.24) is 9.97 Å².